The molecule has 0 saturated carbocycles. The first kappa shape index (κ1) is 22.2. The summed E-state index contributed by atoms with van der Waals surface area (Å²) in [7, 11) is 1.61. The number of methoxy groups -OCH3 is 1. The molecule has 2 amide bonds. The zero-order valence-electron chi connectivity index (χ0n) is 17.8. The molecule has 0 spiro atoms. The van der Waals surface area contributed by atoms with Gasteiger partial charge in [0, 0.05) is 26.3 Å². The van der Waals surface area contributed by atoms with E-state index in [0.717, 1.165) is 11.1 Å². The number of carbonyl (C=O) groups excluding carboxylic acids is 2. The van der Waals surface area contributed by atoms with Crippen LogP contribution < -0.4 is 5.32 Å². The zero-order valence-corrected chi connectivity index (χ0v) is 17.8. The third-order valence-corrected chi connectivity index (χ3v) is 4.83. The van der Waals surface area contributed by atoms with Crippen molar-refractivity contribution < 1.29 is 18.8 Å². The Morgan fingerprint density at radius 2 is 1.68 bits per heavy atom. The summed E-state index contributed by atoms with van der Waals surface area (Å²) in [6, 6.07) is 20.8. The van der Waals surface area contributed by atoms with Crippen molar-refractivity contribution in [1.82, 2.24) is 10.1 Å². The van der Waals surface area contributed by atoms with Gasteiger partial charge in [0.25, 0.3) is 0 Å². The number of nitrogens with zero attached hydrogens (tertiary/aromatic N) is 2. The van der Waals surface area contributed by atoms with Gasteiger partial charge < -0.3 is 19.5 Å². The Labute approximate surface area is 182 Å². The van der Waals surface area contributed by atoms with Crippen LogP contribution in [0.5, 0.6) is 0 Å². The quantitative estimate of drug-likeness (QED) is 0.506. The lowest BCUT2D eigenvalue weighted by atomic mass is 9.90. The molecular formula is C24H27N3O4. The Balaban J connectivity index is 1.84. The highest BCUT2D eigenvalue weighted by Crippen LogP contribution is 2.27. The monoisotopic (exact) mass is 421 g/mol. The lowest BCUT2D eigenvalue weighted by Gasteiger charge is -2.27. The van der Waals surface area contributed by atoms with Gasteiger partial charge in [0.05, 0.1) is 12.5 Å². The topological polar surface area (TPSA) is 84.7 Å². The van der Waals surface area contributed by atoms with E-state index < -0.39 is 5.92 Å². The summed E-state index contributed by atoms with van der Waals surface area (Å²) in [6.45, 7) is 2.54. The maximum absolute atomic E-state index is 13.7. The number of hydrogen-bond donors (Lipinski definition) is 1. The Kier molecular flexibility index (Phi) is 7.95. The molecule has 2 aromatic carbocycles. The van der Waals surface area contributed by atoms with E-state index in [1.165, 1.54) is 0 Å². The third kappa shape index (κ3) is 6.26. The first-order valence-corrected chi connectivity index (χ1v) is 10.2. The van der Waals surface area contributed by atoms with Crippen LogP contribution in [0.2, 0.25) is 0 Å². The van der Waals surface area contributed by atoms with E-state index in [9.17, 15) is 9.59 Å². The van der Waals surface area contributed by atoms with E-state index in [4.69, 9.17) is 9.26 Å². The molecule has 0 aliphatic carbocycles. The van der Waals surface area contributed by atoms with Gasteiger partial charge in [0.2, 0.25) is 11.8 Å². The molecule has 7 heteroatoms. The number of nitrogens with one attached hydrogen (secondary N) is 1. The summed E-state index contributed by atoms with van der Waals surface area (Å²) < 4.78 is 10.1. The van der Waals surface area contributed by atoms with Crippen molar-refractivity contribution in [2.24, 2.45) is 0 Å². The predicted molar refractivity (Wildman–Crippen MR) is 118 cm³/mol. The summed E-state index contributed by atoms with van der Waals surface area (Å²) in [5.41, 5.74) is 1.76. The summed E-state index contributed by atoms with van der Waals surface area (Å²) in [6.07, 6.45) is 0.620. The Morgan fingerprint density at radius 1 is 1.06 bits per heavy atom. The fourth-order valence-electron chi connectivity index (χ4n) is 3.40. The molecule has 0 unspecified atom stereocenters. The molecule has 0 radical (unpaired) electrons. The number of benzene rings is 2. The van der Waals surface area contributed by atoms with Crippen LogP contribution in [0.25, 0.3) is 0 Å². The van der Waals surface area contributed by atoms with Crippen molar-refractivity contribution in [3.8, 4) is 0 Å². The number of carbonyl (C=O) groups is 2. The van der Waals surface area contributed by atoms with Crippen molar-refractivity contribution in [1.29, 1.82) is 0 Å². The smallest absolute Gasteiger partial charge is 0.245 e. The molecule has 1 N–H and O–H groups in total. The second-order valence-electron chi connectivity index (χ2n) is 7.23. The van der Waals surface area contributed by atoms with Gasteiger partial charge in [-0.3, -0.25) is 9.59 Å². The van der Waals surface area contributed by atoms with Gasteiger partial charge in [-0.15, -0.1) is 0 Å². The number of hydrogen-bond acceptors (Lipinski definition) is 5. The predicted octanol–water partition coefficient (Wildman–Crippen LogP) is 3.62. The molecule has 31 heavy (non-hydrogen) atoms. The van der Waals surface area contributed by atoms with Crippen LogP contribution in [0.4, 0.5) is 5.82 Å². The molecular weight excluding hydrogens is 394 g/mol. The van der Waals surface area contributed by atoms with Gasteiger partial charge in [0.15, 0.2) is 5.82 Å². The number of aromatic nitrogens is 1. The van der Waals surface area contributed by atoms with E-state index in [-0.39, 0.29) is 18.4 Å². The van der Waals surface area contributed by atoms with Crippen LogP contribution in [0, 0.1) is 6.92 Å². The standard InChI is InChI=1S/C24H27N3O4/c1-18-16-21(26-31-18)25-22(28)17-27(14-9-15-30-2)24(29)23(19-10-5-3-6-11-19)20-12-7-4-8-13-20/h3-8,10-13,16,23H,9,14-15,17H2,1-2H3,(H,25,26,28). The lowest BCUT2D eigenvalue weighted by Crippen LogP contribution is -2.41. The van der Waals surface area contributed by atoms with Gasteiger partial charge in [-0.1, -0.05) is 65.8 Å². The maximum Gasteiger partial charge on any atom is 0.245 e. The number of amides is 2. The van der Waals surface area contributed by atoms with Crippen LogP contribution in [0.15, 0.2) is 71.3 Å². The van der Waals surface area contributed by atoms with E-state index in [2.05, 4.69) is 10.5 Å². The van der Waals surface area contributed by atoms with Gasteiger partial charge >= 0.3 is 0 Å². The van der Waals surface area contributed by atoms with Crippen molar-refractivity contribution in [2.75, 3.05) is 32.1 Å². The van der Waals surface area contributed by atoms with E-state index in [0.29, 0.717) is 31.2 Å². The minimum absolute atomic E-state index is 0.0926. The largest absolute Gasteiger partial charge is 0.385 e. The van der Waals surface area contributed by atoms with E-state index in [1.54, 1.807) is 25.0 Å². The first-order valence-electron chi connectivity index (χ1n) is 10.2. The average Bonchev–Trinajstić information content (AvgIpc) is 3.19. The molecule has 3 aromatic rings. The summed E-state index contributed by atoms with van der Waals surface area (Å²) in [5.74, 6) is -0.0584. The molecule has 0 saturated heterocycles. The fraction of sp³-hybridized carbons (Fsp3) is 0.292. The second kappa shape index (κ2) is 11.1. The number of rotatable bonds is 10. The van der Waals surface area contributed by atoms with Crippen molar-refractivity contribution in [2.45, 2.75) is 19.3 Å². The fourth-order valence-corrected chi connectivity index (χ4v) is 3.40. The molecule has 0 aliphatic rings. The molecule has 0 fully saturated rings. The van der Waals surface area contributed by atoms with Crippen molar-refractivity contribution in [3.63, 3.8) is 0 Å². The van der Waals surface area contributed by atoms with E-state index in [1.807, 2.05) is 60.7 Å². The summed E-state index contributed by atoms with van der Waals surface area (Å²) >= 11 is 0. The molecule has 0 bridgehead atoms. The van der Waals surface area contributed by atoms with Crippen molar-refractivity contribution in [3.05, 3.63) is 83.6 Å². The minimum Gasteiger partial charge on any atom is -0.385 e. The summed E-state index contributed by atoms with van der Waals surface area (Å²) in [5, 5.41) is 6.47. The number of aryl methyl sites for hydroxylation is 1. The van der Waals surface area contributed by atoms with Crippen molar-refractivity contribution >= 4 is 17.6 Å². The van der Waals surface area contributed by atoms with Crippen LogP contribution in [-0.2, 0) is 14.3 Å². The molecule has 1 heterocycles. The number of anilines is 1. The number of ether oxygens (including phenoxy) is 1. The first-order chi connectivity index (χ1) is 15.1. The zero-order chi connectivity index (χ0) is 22.1. The highest BCUT2D eigenvalue weighted by Gasteiger charge is 2.28. The molecule has 1 aromatic heterocycles. The Morgan fingerprint density at radius 3 is 2.19 bits per heavy atom. The minimum atomic E-state index is -0.507. The van der Waals surface area contributed by atoms with Crippen LogP contribution in [0.1, 0.15) is 29.2 Å². The molecule has 162 valence electrons. The Bertz CT molecular complexity index is 933. The molecule has 7 nitrogen and oxygen atoms in total. The lowest BCUT2D eigenvalue weighted by molar-refractivity contribution is -0.135. The third-order valence-electron chi connectivity index (χ3n) is 4.83. The molecule has 0 atom stereocenters. The molecule has 0 aliphatic heterocycles. The van der Waals surface area contributed by atoms with Gasteiger partial charge in [-0.2, -0.15) is 0 Å². The SMILES string of the molecule is COCCCN(CC(=O)Nc1cc(C)on1)C(=O)C(c1ccccc1)c1ccccc1. The highest BCUT2D eigenvalue weighted by atomic mass is 16.5. The molecule has 3 rings (SSSR count). The van der Waals surface area contributed by atoms with Crippen LogP contribution in [-0.4, -0.2) is 48.7 Å². The normalized spacial score (nSPS) is 10.8. The average molecular weight is 421 g/mol. The Hall–Kier alpha value is -3.45. The van der Waals surface area contributed by atoms with Gasteiger partial charge in [-0.05, 0) is 24.5 Å². The van der Waals surface area contributed by atoms with Gasteiger partial charge in [0.1, 0.15) is 5.76 Å². The van der Waals surface area contributed by atoms with E-state index >= 15 is 0 Å². The van der Waals surface area contributed by atoms with Crippen LogP contribution in [0.3, 0.4) is 0 Å². The second-order valence-corrected chi connectivity index (χ2v) is 7.23. The summed E-state index contributed by atoms with van der Waals surface area (Å²) in [4.78, 5) is 27.9. The maximum atomic E-state index is 13.7. The van der Waals surface area contributed by atoms with Crippen LogP contribution >= 0.6 is 0 Å². The highest BCUT2D eigenvalue weighted by molar-refractivity contribution is 5.95. The van der Waals surface area contributed by atoms with Gasteiger partial charge in [-0.25, -0.2) is 0 Å².